The second-order valence-electron chi connectivity index (χ2n) is 4.18. The van der Waals surface area contributed by atoms with E-state index in [1.54, 1.807) is 6.20 Å². The number of oxazole rings is 1. The number of hydrogen-bond donors (Lipinski definition) is 0. The first-order chi connectivity index (χ1) is 9.20. The molecule has 2 heterocycles. The van der Waals surface area contributed by atoms with Crippen LogP contribution in [0.4, 0.5) is 0 Å². The molecule has 96 valence electrons. The molecule has 0 bridgehead atoms. The maximum Gasteiger partial charge on any atom is 0.235 e. The van der Waals surface area contributed by atoms with Crippen LogP contribution in [0.1, 0.15) is 11.5 Å². The Morgan fingerprint density at radius 2 is 2.05 bits per heavy atom. The molecule has 0 fully saturated rings. The van der Waals surface area contributed by atoms with Crippen molar-refractivity contribution in [1.29, 1.82) is 0 Å². The van der Waals surface area contributed by atoms with Crippen molar-refractivity contribution in [2.45, 2.75) is 13.5 Å². The number of halogens is 1. The van der Waals surface area contributed by atoms with E-state index in [0.717, 1.165) is 10.2 Å². The number of aromatic nitrogens is 2. The van der Waals surface area contributed by atoms with Gasteiger partial charge in [0.1, 0.15) is 5.75 Å². The van der Waals surface area contributed by atoms with Gasteiger partial charge in [0, 0.05) is 16.7 Å². The lowest BCUT2D eigenvalue weighted by Gasteiger charge is -2.02. The molecule has 0 N–H and O–H groups in total. The third kappa shape index (κ3) is 2.76. The average Bonchev–Trinajstić information content (AvgIpc) is 2.80. The molecule has 1 aromatic carbocycles. The van der Waals surface area contributed by atoms with Gasteiger partial charge < -0.3 is 9.15 Å². The van der Waals surface area contributed by atoms with Gasteiger partial charge in [-0.15, -0.1) is 0 Å². The van der Waals surface area contributed by atoms with E-state index >= 15 is 0 Å². The highest BCUT2D eigenvalue weighted by atomic mass is 79.9. The molecule has 0 radical (unpaired) electrons. The second-order valence-corrected chi connectivity index (χ2v) is 5.10. The summed E-state index contributed by atoms with van der Waals surface area (Å²) in [5.41, 5.74) is 2.44. The quantitative estimate of drug-likeness (QED) is 0.735. The normalized spacial score (nSPS) is 10.8. The maximum absolute atomic E-state index is 5.61. The minimum Gasteiger partial charge on any atom is -0.484 e. The summed E-state index contributed by atoms with van der Waals surface area (Å²) in [7, 11) is 0. The number of rotatable bonds is 3. The fraction of sp³-hybridized carbons (Fsp3) is 0.143. The van der Waals surface area contributed by atoms with Crippen LogP contribution in [0.2, 0.25) is 0 Å². The topological polar surface area (TPSA) is 48.2 Å². The lowest BCUT2D eigenvalue weighted by atomic mass is 10.2. The summed E-state index contributed by atoms with van der Waals surface area (Å²) in [5.74, 6) is 1.31. The Kier molecular flexibility index (Phi) is 3.21. The highest BCUT2D eigenvalue weighted by Gasteiger charge is 2.07. The Labute approximate surface area is 118 Å². The number of pyridine rings is 1. The van der Waals surface area contributed by atoms with E-state index in [1.807, 2.05) is 37.3 Å². The lowest BCUT2D eigenvalue weighted by Crippen LogP contribution is -1.95. The molecule has 3 rings (SSSR count). The standard InChI is InChI=1S/C14H11BrN2O2/c1-9-2-4-11(5-3-9)18-8-13-17-14-12(19-13)6-10(15)7-16-14/h2-7H,8H2,1H3. The summed E-state index contributed by atoms with van der Waals surface area (Å²) >= 11 is 3.34. The van der Waals surface area contributed by atoms with Crippen LogP contribution in [-0.2, 0) is 6.61 Å². The van der Waals surface area contributed by atoms with Crippen molar-refractivity contribution in [3.05, 3.63) is 52.5 Å². The number of ether oxygens (including phenoxy) is 1. The molecule has 5 heteroatoms. The maximum atomic E-state index is 5.61. The highest BCUT2D eigenvalue weighted by Crippen LogP contribution is 2.19. The third-order valence-corrected chi connectivity index (χ3v) is 3.07. The summed E-state index contributed by atoms with van der Waals surface area (Å²) in [6, 6.07) is 9.69. The van der Waals surface area contributed by atoms with Crippen LogP contribution in [0.15, 0.2) is 45.4 Å². The van der Waals surface area contributed by atoms with Crippen molar-refractivity contribution in [3.8, 4) is 5.75 Å². The Morgan fingerprint density at radius 3 is 2.84 bits per heavy atom. The third-order valence-electron chi connectivity index (χ3n) is 2.64. The molecule has 0 saturated carbocycles. The zero-order chi connectivity index (χ0) is 13.2. The molecule has 4 nitrogen and oxygen atoms in total. The Balaban J connectivity index is 1.76. The Morgan fingerprint density at radius 1 is 1.26 bits per heavy atom. The predicted molar refractivity (Wildman–Crippen MR) is 75.0 cm³/mol. The van der Waals surface area contributed by atoms with Gasteiger partial charge in [0.15, 0.2) is 17.8 Å². The van der Waals surface area contributed by atoms with E-state index in [9.17, 15) is 0 Å². The van der Waals surface area contributed by atoms with Gasteiger partial charge in [-0.25, -0.2) is 4.98 Å². The van der Waals surface area contributed by atoms with E-state index in [2.05, 4.69) is 25.9 Å². The number of benzene rings is 1. The molecule has 3 aromatic rings. The highest BCUT2D eigenvalue weighted by molar-refractivity contribution is 9.10. The molecule has 0 saturated heterocycles. The lowest BCUT2D eigenvalue weighted by molar-refractivity contribution is 0.267. The van der Waals surface area contributed by atoms with Crippen molar-refractivity contribution >= 4 is 27.2 Å². The first-order valence-corrected chi connectivity index (χ1v) is 6.60. The minimum atomic E-state index is 0.289. The Bertz CT molecular complexity index is 707. The predicted octanol–water partition coefficient (Wildman–Crippen LogP) is 3.87. The molecule has 0 unspecified atom stereocenters. The van der Waals surface area contributed by atoms with E-state index < -0.39 is 0 Å². The van der Waals surface area contributed by atoms with Gasteiger partial charge in [-0.1, -0.05) is 17.7 Å². The van der Waals surface area contributed by atoms with Gasteiger partial charge in [-0.3, -0.25) is 0 Å². The van der Waals surface area contributed by atoms with Crippen LogP contribution in [0.3, 0.4) is 0 Å². The largest absolute Gasteiger partial charge is 0.484 e. The number of fused-ring (bicyclic) bond motifs is 1. The van der Waals surface area contributed by atoms with E-state index in [0.29, 0.717) is 17.1 Å². The van der Waals surface area contributed by atoms with E-state index in [-0.39, 0.29) is 6.61 Å². The van der Waals surface area contributed by atoms with Gasteiger partial charge in [-0.2, -0.15) is 4.98 Å². The van der Waals surface area contributed by atoms with Gasteiger partial charge in [-0.05, 0) is 35.0 Å². The van der Waals surface area contributed by atoms with Crippen molar-refractivity contribution in [2.24, 2.45) is 0 Å². The monoisotopic (exact) mass is 318 g/mol. The van der Waals surface area contributed by atoms with Crippen LogP contribution >= 0.6 is 15.9 Å². The summed E-state index contributed by atoms with van der Waals surface area (Å²) in [5, 5.41) is 0. The van der Waals surface area contributed by atoms with Crippen molar-refractivity contribution in [1.82, 2.24) is 9.97 Å². The first kappa shape index (κ1) is 12.2. The number of nitrogens with zero attached hydrogens (tertiary/aromatic N) is 2. The first-order valence-electron chi connectivity index (χ1n) is 5.81. The van der Waals surface area contributed by atoms with E-state index in [4.69, 9.17) is 9.15 Å². The molecule has 2 aromatic heterocycles. The number of hydrogen-bond acceptors (Lipinski definition) is 4. The SMILES string of the molecule is Cc1ccc(OCc2nc3ncc(Br)cc3o2)cc1. The fourth-order valence-corrected chi connectivity index (χ4v) is 1.99. The van der Waals surface area contributed by atoms with Gasteiger partial charge in [0.2, 0.25) is 5.89 Å². The molecule has 0 amide bonds. The zero-order valence-electron chi connectivity index (χ0n) is 10.3. The molecule has 0 spiro atoms. The van der Waals surface area contributed by atoms with Crippen LogP contribution in [0, 0.1) is 6.92 Å². The van der Waals surface area contributed by atoms with Crippen LogP contribution < -0.4 is 4.74 Å². The van der Waals surface area contributed by atoms with Gasteiger partial charge >= 0.3 is 0 Å². The summed E-state index contributed by atoms with van der Waals surface area (Å²) < 4.78 is 12.0. The molecule has 0 atom stereocenters. The van der Waals surface area contributed by atoms with Crippen LogP contribution in [0.25, 0.3) is 11.2 Å². The minimum absolute atomic E-state index is 0.289. The van der Waals surface area contributed by atoms with Gasteiger partial charge in [0.25, 0.3) is 0 Å². The molecular weight excluding hydrogens is 308 g/mol. The number of aryl methyl sites for hydroxylation is 1. The zero-order valence-corrected chi connectivity index (χ0v) is 11.8. The Hall–Kier alpha value is -1.88. The summed E-state index contributed by atoms with van der Waals surface area (Å²) in [6.07, 6.45) is 1.69. The fourth-order valence-electron chi connectivity index (χ4n) is 1.68. The average molecular weight is 319 g/mol. The van der Waals surface area contributed by atoms with Crippen molar-refractivity contribution < 1.29 is 9.15 Å². The van der Waals surface area contributed by atoms with Crippen LogP contribution in [-0.4, -0.2) is 9.97 Å². The summed E-state index contributed by atoms with van der Waals surface area (Å²) in [6.45, 7) is 2.32. The van der Waals surface area contributed by atoms with Crippen molar-refractivity contribution in [2.75, 3.05) is 0 Å². The van der Waals surface area contributed by atoms with Gasteiger partial charge in [0.05, 0.1) is 0 Å². The molecular formula is C14H11BrN2O2. The van der Waals surface area contributed by atoms with Crippen LogP contribution in [0.5, 0.6) is 5.75 Å². The molecule has 0 aliphatic heterocycles. The van der Waals surface area contributed by atoms with E-state index in [1.165, 1.54) is 5.56 Å². The summed E-state index contributed by atoms with van der Waals surface area (Å²) in [4.78, 5) is 8.42. The smallest absolute Gasteiger partial charge is 0.235 e. The second kappa shape index (κ2) is 5.01. The van der Waals surface area contributed by atoms with Crippen molar-refractivity contribution in [3.63, 3.8) is 0 Å². The molecule has 0 aliphatic carbocycles. The molecule has 0 aliphatic rings. The molecule has 19 heavy (non-hydrogen) atoms.